The molecule has 1 heterocycles. The lowest BCUT2D eigenvalue weighted by Crippen LogP contribution is -2.28. The minimum Gasteiger partial charge on any atom is -0.343 e. The molecular formula is C14H19N3O3. The highest BCUT2D eigenvalue weighted by Gasteiger charge is 2.18. The number of nitrogens with one attached hydrogen (secondary N) is 1. The second-order valence-electron chi connectivity index (χ2n) is 4.94. The quantitative estimate of drug-likeness (QED) is 0.467. The first-order valence-electron chi connectivity index (χ1n) is 6.88. The van der Waals surface area contributed by atoms with Crippen molar-refractivity contribution in [1.82, 2.24) is 10.2 Å². The number of nitrogens with zero attached hydrogens (tertiary/aromatic N) is 2. The minimum absolute atomic E-state index is 0.112. The van der Waals surface area contributed by atoms with Crippen molar-refractivity contribution in [2.75, 3.05) is 19.6 Å². The van der Waals surface area contributed by atoms with E-state index in [0.717, 1.165) is 38.0 Å². The zero-order valence-corrected chi connectivity index (χ0v) is 11.4. The van der Waals surface area contributed by atoms with Crippen molar-refractivity contribution in [1.29, 1.82) is 0 Å². The SMILES string of the molecule is O=C1CCCN1CCCNCc1ccc([N+](=O)[O-])cc1. The average Bonchev–Trinajstić information content (AvgIpc) is 2.84. The largest absolute Gasteiger partial charge is 0.343 e. The van der Waals surface area contributed by atoms with Gasteiger partial charge in [-0.05, 0) is 24.9 Å². The predicted octanol–water partition coefficient (Wildman–Crippen LogP) is 1.70. The summed E-state index contributed by atoms with van der Waals surface area (Å²) in [4.78, 5) is 23.4. The highest BCUT2D eigenvalue weighted by Crippen LogP contribution is 2.12. The van der Waals surface area contributed by atoms with Gasteiger partial charge in [-0.15, -0.1) is 0 Å². The van der Waals surface area contributed by atoms with Gasteiger partial charge in [0.25, 0.3) is 5.69 Å². The van der Waals surface area contributed by atoms with Crippen LogP contribution in [0.25, 0.3) is 0 Å². The van der Waals surface area contributed by atoms with Crippen LogP contribution in [-0.2, 0) is 11.3 Å². The van der Waals surface area contributed by atoms with E-state index in [9.17, 15) is 14.9 Å². The maximum atomic E-state index is 11.4. The summed E-state index contributed by atoms with van der Waals surface area (Å²) in [7, 11) is 0. The first-order valence-corrected chi connectivity index (χ1v) is 6.88. The van der Waals surface area contributed by atoms with E-state index in [4.69, 9.17) is 0 Å². The number of hydrogen-bond donors (Lipinski definition) is 1. The molecule has 1 amide bonds. The number of amides is 1. The molecule has 1 aliphatic rings. The van der Waals surface area contributed by atoms with E-state index in [2.05, 4.69) is 5.32 Å². The molecule has 2 rings (SSSR count). The van der Waals surface area contributed by atoms with Crippen molar-refractivity contribution in [3.63, 3.8) is 0 Å². The van der Waals surface area contributed by atoms with Gasteiger partial charge in [-0.25, -0.2) is 0 Å². The van der Waals surface area contributed by atoms with Gasteiger partial charge in [0.05, 0.1) is 4.92 Å². The number of non-ortho nitro benzene ring substituents is 1. The molecule has 0 spiro atoms. The number of carbonyl (C=O) groups is 1. The number of hydrogen-bond acceptors (Lipinski definition) is 4. The number of likely N-dealkylation sites (tertiary alicyclic amines) is 1. The van der Waals surface area contributed by atoms with Crippen molar-refractivity contribution in [3.05, 3.63) is 39.9 Å². The minimum atomic E-state index is -0.399. The van der Waals surface area contributed by atoms with Gasteiger partial charge in [0.15, 0.2) is 0 Å². The van der Waals surface area contributed by atoms with Crippen molar-refractivity contribution in [2.24, 2.45) is 0 Å². The van der Waals surface area contributed by atoms with Gasteiger partial charge in [0, 0.05) is 38.2 Å². The van der Waals surface area contributed by atoms with E-state index in [1.165, 1.54) is 12.1 Å². The molecule has 1 fully saturated rings. The molecule has 1 N–H and O–H groups in total. The third kappa shape index (κ3) is 4.03. The van der Waals surface area contributed by atoms with Crippen LogP contribution in [0.5, 0.6) is 0 Å². The molecule has 0 unspecified atom stereocenters. The molecule has 1 aliphatic heterocycles. The number of carbonyl (C=O) groups excluding carboxylic acids is 1. The molecule has 20 heavy (non-hydrogen) atoms. The fourth-order valence-electron chi connectivity index (χ4n) is 2.30. The van der Waals surface area contributed by atoms with Gasteiger partial charge in [-0.2, -0.15) is 0 Å². The van der Waals surface area contributed by atoms with Crippen LogP contribution < -0.4 is 5.32 Å². The highest BCUT2D eigenvalue weighted by molar-refractivity contribution is 5.77. The van der Waals surface area contributed by atoms with Gasteiger partial charge in [0.1, 0.15) is 0 Å². The van der Waals surface area contributed by atoms with Gasteiger partial charge < -0.3 is 10.2 Å². The Morgan fingerprint density at radius 2 is 2.05 bits per heavy atom. The van der Waals surface area contributed by atoms with E-state index in [1.807, 2.05) is 4.90 Å². The third-order valence-corrected chi connectivity index (χ3v) is 3.43. The summed E-state index contributed by atoms with van der Waals surface area (Å²) in [5.74, 6) is 0.264. The maximum Gasteiger partial charge on any atom is 0.269 e. The number of rotatable bonds is 7. The highest BCUT2D eigenvalue weighted by atomic mass is 16.6. The van der Waals surface area contributed by atoms with Crippen LogP contribution in [-0.4, -0.2) is 35.4 Å². The summed E-state index contributed by atoms with van der Waals surface area (Å²) in [5.41, 5.74) is 1.13. The maximum absolute atomic E-state index is 11.4. The first-order chi connectivity index (χ1) is 9.66. The second-order valence-corrected chi connectivity index (χ2v) is 4.94. The third-order valence-electron chi connectivity index (χ3n) is 3.43. The summed E-state index contributed by atoms with van der Waals surface area (Å²) in [6.45, 7) is 3.22. The lowest BCUT2D eigenvalue weighted by atomic mass is 10.2. The standard InChI is InChI=1S/C14H19N3O3/c18-14-3-1-9-16(14)10-2-8-15-11-12-4-6-13(7-5-12)17(19)20/h4-7,15H,1-3,8-11H2. The molecule has 0 atom stereocenters. The molecule has 1 saturated heterocycles. The Bertz CT molecular complexity index is 473. The van der Waals surface area contributed by atoms with Crippen LogP contribution >= 0.6 is 0 Å². The zero-order chi connectivity index (χ0) is 14.4. The van der Waals surface area contributed by atoms with E-state index in [1.54, 1.807) is 12.1 Å². The molecule has 0 aromatic heterocycles. The van der Waals surface area contributed by atoms with Gasteiger partial charge in [-0.3, -0.25) is 14.9 Å². The van der Waals surface area contributed by atoms with Crippen LogP contribution in [0.3, 0.4) is 0 Å². The first kappa shape index (κ1) is 14.5. The monoisotopic (exact) mass is 277 g/mol. The Labute approximate surface area is 117 Å². The summed E-state index contributed by atoms with van der Waals surface area (Å²) in [6, 6.07) is 6.55. The zero-order valence-electron chi connectivity index (χ0n) is 11.4. The summed E-state index contributed by atoms with van der Waals surface area (Å²) in [5, 5.41) is 13.8. The van der Waals surface area contributed by atoms with Crippen molar-refractivity contribution in [2.45, 2.75) is 25.8 Å². The van der Waals surface area contributed by atoms with Crippen LogP contribution in [0.1, 0.15) is 24.8 Å². The Balaban J connectivity index is 1.63. The number of nitro groups is 1. The molecule has 1 aromatic rings. The fraction of sp³-hybridized carbons (Fsp3) is 0.500. The fourth-order valence-corrected chi connectivity index (χ4v) is 2.30. The van der Waals surface area contributed by atoms with Crippen LogP contribution in [0.15, 0.2) is 24.3 Å². The van der Waals surface area contributed by atoms with Gasteiger partial charge in [0.2, 0.25) is 5.91 Å². The molecule has 0 aliphatic carbocycles. The lowest BCUT2D eigenvalue weighted by molar-refractivity contribution is -0.384. The second kappa shape index (κ2) is 7.00. The molecular weight excluding hydrogens is 258 g/mol. The van der Waals surface area contributed by atoms with Gasteiger partial charge in [-0.1, -0.05) is 12.1 Å². The van der Waals surface area contributed by atoms with Crippen molar-refractivity contribution < 1.29 is 9.72 Å². The Morgan fingerprint density at radius 3 is 2.65 bits per heavy atom. The van der Waals surface area contributed by atoms with Crippen molar-refractivity contribution >= 4 is 11.6 Å². The lowest BCUT2D eigenvalue weighted by Gasteiger charge is -2.15. The smallest absolute Gasteiger partial charge is 0.269 e. The van der Waals surface area contributed by atoms with E-state index in [-0.39, 0.29) is 11.6 Å². The average molecular weight is 277 g/mol. The summed E-state index contributed by atoms with van der Waals surface area (Å²) >= 11 is 0. The summed E-state index contributed by atoms with van der Waals surface area (Å²) < 4.78 is 0. The van der Waals surface area contributed by atoms with Crippen molar-refractivity contribution in [3.8, 4) is 0 Å². The van der Waals surface area contributed by atoms with Crippen LogP contribution in [0, 0.1) is 10.1 Å². The predicted molar refractivity (Wildman–Crippen MR) is 75.2 cm³/mol. The molecule has 0 bridgehead atoms. The molecule has 1 aromatic carbocycles. The summed E-state index contributed by atoms with van der Waals surface area (Å²) in [6.07, 6.45) is 2.60. The van der Waals surface area contributed by atoms with E-state index >= 15 is 0 Å². The van der Waals surface area contributed by atoms with Crippen LogP contribution in [0.2, 0.25) is 0 Å². The van der Waals surface area contributed by atoms with Crippen LogP contribution in [0.4, 0.5) is 5.69 Å². The number of benzene rings is 1. The Morgan fingerprint density at radius 1 is 1.30 bits per heavy atom. The number of nitro benzene ring substituents is 1. The molecule has 108 valence electrons. The Hall–Kier alpha value is -1.95. The molecule has 0 saturated carbocycles. The van der Waals surface area contributed by atoms with E-state index < -0.39 is 4.92 Å². The molecule has 6 heteroatoms. The molecule has 0 radical (unpaired) electrons. The Kier molecular flexibility index (Phi) is 5.06. The van der Waals surface area contributed by atoms with E-state index in [0.29, 0.717) is 13.0 Å². The normalized spacial score (nSPS) is 14.8. The van der Waals surface area contributed by atoms with Gasteiger partial charge >= 0.3 is 0 Å². The molecule has 6 nitrogen and oxygen atoms in total. The topological polar surface area (TPSA) is 75.5 Å².